The Labute approximate surface area is 45.4 Å². The highest BCUT2D eigenvalue weighted by atomic mass is 31.2. The zero-order valence-electron chi connectivity index (χ0n) is 5.32. The summed E-state index contributed by atoms with van der Waals surface area (Å²) in [6, 6.07) is 0. The Hall–Kier alpha value is 0.290. The van der Waals surface area contributed by atoms with Crippen molar-refractivity contribution < 1.29 is 9.82 Å². The molecule has 7 heavy (non-hydrogen) atoms. The molecule has 0 amide bonds. The fourth-order valence-corrected chi connectivity index (χ4v) is 0.833. The smallest absolute Gasteiger partial charge is 0.189 e. The Morgan fingerprint density at radius 3 is 2.29 bits per heavy atom. The number of hydrogen-bond donors (Lipinski definition) is 0. The van der Waals surface area contributed by atoms with Crippen molar-refractivity contribution >= 4 is 8.54 Å². The molecule has 0 N–H and O–H groups in total. The van der Waals surface area contributed by atoms with E-state index in [4.69, 9.17) is 0 Å². The van der Waals surface area contributed by atoms with Gasteiger partial charge in [0.2, 0.25) is 0 Å². The van der Waals surface area contributed by atoms with Crippen LogP contribution in [0.15, 0.2) is 0 Å². The van der Waals surface area contributed by atoms with Crippen LogP contribution in [0.3, 0.4) is 0 Å². The zero-order valence-corrected chi connectivity index (χ0v) is 5.22. The molecule has 0 unspecified atom stereocenters. The molecular formula is C4H10F2P+. The van der Waals surface area contributed by atoms with Crippen LogP contribution >= 0.6 is 8.54 Å². The van der Waals surface area contributed by atoms with Gasteiger partial charge in [0.1, 0.15) is 0 Å². The maximum absolute atomic E-state index is 11.3. The predicted molar refractivity (Wildman–Crippen MR) is 30.0 cm³/mol. The van der Waals surface area contributed by atoms with Gasteiger partial charge in [0.25, 0.3) is 8.54 Å². The number of rotatable bonds is 3. The standard InChI is InChI=1S/C4H9F2P/c1-2-3-4-7(5)6/h2-4H2,1H3/p+1. The predicted octanol–water partition coefficient (Wildman–Crippen LogP) is 3.15. The lowest BCUT2D eigenvalue weighted by Gasteiger charge is -1.90. The second-order valence-corrected chi connectivity index (χ2v) is 2.43. The van der Waals surface area contributed by atoms with Gasteiger partial charge in [0, 0.05) is 6.16 Å². The van der Waals surface area contributed by atoms with Crippen molar-refractivity contribution in [1.29, 1.82) is 0 Å². The summed E-state index contributed by atoms with van der Waals surface area (Å²) in [7, 11) is -2.61. The van der Waals surface area contributed by atoms with Gasteiger partial charge >= 0.3 is 1.43 Å². The average Bonchev–Trinajstić information content (AvgIpc) is 1.61. The Morgan fingerprint density at radius 2 is 2.14 bits per heavy atom. The monoisotopic (exact) mass is 127 g/mol. The van der Waals surface area contributed by atoms with E-state index in [-0.39, 0.29) is 7.59 Å². The Balaban J connectivity index is 0. The molecule has 0 aromatic heterocycles. The van der Waals surface area contributed by atoms with Crippen molar-refractivity contribution in [3.63, 3.8) is 0 Å². The first kappa shape index (κ1) is 7.29. The van der Waals surface area contributed by atoms with E-state index < -0.39 is 8.54 Å². The van der Waals surface area contributed by atoms with Gasteiger partial charge in [-0.1, -0.05) is 13.3 Å². The zero-order chi connectivity index (χ0) is 5.70. The molecule has 0 atom stereocenters. The SMILES string of the molecule is CCCCP(F)F.[H+]. The molecule has 0 radical (unpaired) electrons. The molecule has 3 heteroatoms. The normalized spacial score (nSPS) is 10.3. The quantitative estimate of drug-likeness (QED) is 0.511. The van der Waals surface area contributed by atoms with Crippen LogP contribution in [0.2, 0.25) is 0 Å². The van der Waals surface area contributed by atoms with Crippen LogP contribution in [0.5, 0.6) is 0 Å². The Kier molecular flexibility index (Phi) is 4.63. The molecule has 0 bridgehead atoms. The van der Waals surface area contributed by atoms with Crippen molar-refractivity contribution in [2.75, 3.05) is 6.16 Å². The summed E-state index contributed by atoms with van der Waals surface area (Å²) in [4.78, 5) is 0. The third-order valence-corrected chi connectivity index (χ3v) is 1.33. The van der Waals surface area contributed by atoms with Crippen LogP contribution in [-0.4, -0.2) is 6.16 Å². The van der Waals surface area contributed by atoms with Crippen molar-refractivity contribution in [3.8, 4) is 0 Å². The molecular weight excluding hydrogens is 117 g/mol. The first-order valence-corrected chi connectivity index (χ1v) is 3.67. The van der Waals surface area contributed by atoms with Gasteiger partial charge in [0.05, 0.1) is 0 Å². The summed E-state index contributed by atoms with van der Waals surface area (Å²) >= 11 is 0. The second-order valence-electron chi connectivity index (χ2n) is 1.38. The van der Waals surface area contributed by atoms with E-state index in [1.54, 1.807) is 0 Å². The van der Waals surface area contributed by atoms with Crippen molar-refractivity contribution in [3.05, 3.63) is 0 Å². The van der Waals surface area contributed by atoms with Gasteiger partial charge in [-0.2, -0.15) is 8.39 Å². The van der Waals surface area contributed by atoms with Gasteiger partial charge in [-0.3, -0.25) is 0 Å². The fraction of sp³-hybridized carbons (Fsp3) is 1.00. The Morgan fingerprint density at radius 1 is 1.57 bits per heavy atom. The van der Waals surface area contributed by atoms with Crippen molar-refractivity contribution in [2.24, 2.45) is 0 Å². The average molecular weight is 127 g/mol. The summed E-state index contributed by atoms with van der Waals surface area (Å²) in [5.74, 6) is 0. The van der Waals surface area contributed by atoms with E-state index >= 15 is 0 Å². The minimum Gasteiger partial charge on any atom is -0.189 e. The van der Waals surface area contributed by atoms with E-state index in [1.165, 1.54) is 0 Å². The molecule has 0 spiro atoms. The van der Waals surface area contributed by atoms with E-state index in [0.29, 0.717) is 6.42 Å². The summed E-state index contributed by atoms with van der Waals surface area (Å²) < 4.78 is 22.6. The largest absolute Gasteiger partial charge is 1.00 e. The fourth-order valence-electron chi connectivity index (χ4n) is 0.278. The summed E-state index contributed by atoms with van der Waals surface area (Å²) in [6.07, 6.45) is 1.69. The first-order valence-electron chi connectivity index (χ1n) is 2.36. The molecule has 0 aromatic carbocycles. The number of halogens is 2. The van der Waals surface area contributed by atoms with E-state index in [0.717, 1.165) is 6.42 Å². The lowest BCUT2D eigenvalue weighted by atomic mass is 10.4. The molecule has 0 nitrogen and oxygen atoms in total. The number of hydrogen-bond acceptors (Lipinski definition) is 0. The molecule has 0 aliphatic rings. The van der Waals surface area contributed by atoms with Crippen LogP contribution in [0.1, 0.15) is 21.2 Å². The minimum absolute atomic E-state index is 0. The second kappa shape index (κ2) is 4.45. The van der Waals surface area contributed by atoms with E-state index in [2.05, 4.69) is 0 Å². The van der Waals surface area contributed by atoms with Crippen LogP contribution in [-0.2, 0) is 0 Å². The molecule has 0 fully saturated rings. The van der Waals surface area contributed by atoms with Crippen LogP contribution < -0.4 is 0 Å². The van der Waals surface area contributed by atoms with Gasteiger partial charge < -0.3 is 0 Å². The van der Waals surface area contributed by atoms with E-state index in [9.17, 15) is 8.39 Å². The molecule has 0 heterocycles. The third-order valence-electron chi connectivity index (χ3n) is 0.681. The molecule has 0 aliphatic carbocycles. The van der Waals surface area contributed by atoms with Gasteiger partial charge in [-0.25, -0.2) is 0 Å². The lowest BCUT2D eigenvalue weighted by molar-refractivity contribution is 0.724. The van der Waals surface area contributed by atoms with Crippen molar-refractivity contribution in [2.45, 2.75) is 19.8 Å². The first-order chi connectivity index (χ1) is 3.27. The maximum Gasteiger partial charge on any atom is 1.00 e. The molecule has 44 valence electrons. The van der Waals surface area contributed by atoms with Crippen LogP contribution in [0.4, 0.5) is 8.39 Å². The molecule has 0 aliphatic heterocycles. The lowest BCUT2D eigenvalue weighted by Crippen LogP contribution is -1.72. The third kappa shape index (κ3) is 6.29. The highest BCUT2D eigenvalue weighted by molar-refractivity contribution is 7.46. The van der Waals surface area contributed by atoms with Crippen LogP contribution in [0.25, 0.3) is 0 Å². The minimum atomic E-state index is -2.61. The molecule has 0 saturated heterocycles. The highest BCUT2D eigenvalue weighted by Gasteiger charge is 1.99. The maximum atomic E-state index is 11.3. The molecule has 0 saturated carbocycles. The van der Waals surface area contributed by atoms with E-state index in [1.807, 2.05) is 6.92 Å². The van der Waals surface area contributed by atoms with Gasteiger partial charge in [-0.15, -0.1) is 0 Å². The number of unbranched alkanes of at least 4 members (excludes halogenated alkanes) is 1. The summed E-state index contributed by atoms with van der Waals surface area (Å²) in [5, 5.41) is 0. The van der Waals surface area contributed by atoms with Crippen LogP contribution in [0, 0.1) is 0 Å². The van der Waals surface area contributed by atoms with Gasteiger partial charge in [0.15, 0.2) is 0 Å². The molecule has 0 rings (SSSR count). The Bertz CT molecular complexity index is 43.0. The summed E-state index contributed by atoms with van der Waals surface area (Å²) in [5.41, 5.74) is 0. The summed E-state index contributed by atoms with van der Waals surface area (Å²) in [6.45, 7) is 1.92. The molecule has 0 aromatic rings. The highest BCUT2D eigenvalue weighted by Crippen LogP contribution is 2.38. The van der Waals surface area contributed by atoms with Gasteiger partial charge in [-0.05, 0) is 6.42 Å². The van der Waals surface area contributed by atoms with Crippen molar-refractivity contribution in [1.82, 2.24) is 0 Å². The topological polar surface area (TPSA) is 0 Å².